The third kappa shape index (κ3) is 3.59. The highest BCUT2D eigenvalue weighted by molar-refractivity contribution is 5.81. The van der Waals surface area contributed by atoms with Crippen molar-refractivity contribution in [3.63, 3.8) is 0 Å². The Morgan fingerprint density at radius 2 is 2.05 bits per heavy atom. The molecule has 4 heteroatoms. The minimum atomic E-state index is -0.476. The molecule has 1 aliphatic heterocycles. The fraction of sp³-hybridized carbons (Fsp3) is 0.941. The average Bonchev–Trinajstić information content (AvgIpc) is 2.82. The molecule has 0 bridgehead atoms. The second kappa shape index (κ2) is 6.66. The molecule has 0 aromatic rings. The standard InChI is InChI=1S/C17H32N2O2/c1-12(2)18-17(16(20)21-5)8-6-15(11-17)19-9-7-13(3)10-14(19)4/h12-15,18H,6-11H2,1-5H3. The first-order valence-corrected chi connectivity index (χ1v) is 8.50. The van der Waals surface area contributed by atoms with Gasteiger partial charge in [-0.15, -0.1) is 0 Å². The first-order valence-electron chi connectivity index (χ1n) is 8.50. The summed E-state index contributed by atoms with van der Waals surface area (Å²) in [6.45, 7) is 10.1. The zero-order valence-corrected chi connectivity index (χ0v) is 14.3. The van der Waals surface area contributed by atoms with Crippen LogP contribution in [0.2, 0.25) is 0 Å². The van der Waals surface area contributed by atoms with Crippen molar-refractivity contribution in [2.24, 2.45) is 5.92 Å². The Hall–Kier alpha value is -0.610. The number of rotatable bonds is 4. The molecule has 21 heavy (non-hydrogen) atoms. The van der Waals surface area contributed by atoms with Gasteiger partial charge < -0.3 is 4.74 Å². The van der Waals surface area contributed by atoms with Crippen molar-refractivity contribution in [2.45, 2.75) is 83.5 Å². The summed E-state index contributed by atoms with van der Waals surface area (Å²) in [4.78, 5) is 15.0. The minimum Gasteiger partial charge on any atom is -0.468 e. The number of nitrogens with one attached hydrogen (secondary N) is 1. The fourth-order valence-electron chi connectivity index (χ4n) is 4.39. The first-order chi connectivity index (χ1) is 9.88. The van der Waals surface area contributed by atoms with E-state index in [4.69, 9.17) is 4.74 Å². The number of methoxy groups -OCH3 is 1. The summed E-state index contributed by atoms with van der Waals surface area (Å²) in [5, 5.41) is 3.50. The van der Waals surface area contributed by atoms with Crippen LogP contribution in [0.3, 0.4) is 0 Å². The number of carbonyl (C=O) groups excluding carboxylic acids is 1. The monoisotopic (exact) mass is 296 g/mol. The quantitative estimate of drug-likeness (QED) is 0.810. The SMILES string of the molecule is COC(=O)C1(NC(C)C)CCC(N2CCC(C)CC2C)C1. The van der Waals surface area contributed by atoms with Gasteiger partial charge in [-0.3, -0.25) is 15.0 Å². The Kier molecular flexibility index (Phi) is 5.31. The molecule has 0 spiro atoms. The molecular formula is C17H32N2O2. The van der Waals surface area contributed by atoms with Crippen molar-refractivity contribution in [3.8, 4) is 0 Å². The van der Waals surface area contributed by atoms with Gasteiger partial charge in [-0.1, -0.05) is 6.92 Å². The lowest BCUT2D eigenvalue weighted by Gasteiger charge is -2.41. The second-order valence-corrected chi connectivity index (χ2v) is 7.49. The maximum absolute atomic E-state index is 12.3. The van der Waals surface area contributed by atoms with Gasteiger partial charge in [0.1, 0.15) is 5.54 Å². The Labute approximate surface area is 129 Å². The normalized spacial score (nSPS) is 37.9. The molecular weight excluding hydrogens is 264 g/mol. The molecule has 4 unspecified atom stereocenters. The van der Waals surface area contributed by atoms with Crippen LogP contribution in [-0.2, 0) is 9.53 Å². The highest BCUT2D eigenvalue weighted by atomic mass is 16.5. The molecule has 4 atom stereocenters. The van der Waals surface area contributed by atoms with Crippen molar-refractivity contribution >= 4 is 5.97 Å². The number of esters is 1. The van der Waals surface area contributed by atoms with Gasteiger partial charge in [-0.2, -0.15) is 0 Å². The topological polar surface area (TPSA) is 41.6 Å². The minimum absolute atomic E-state index is 0.0864. The second-order valence-electron chi connectivity index (χ2n) is 7.49. The molecule has 1 heterocycles. The summed E-state index contributed by atoms with van der Waals surface area (Å²) >= 11 is 0. The lowest BCUT2D eigenvalue weighted by molar-refractivity contribution is -0.149. The van der Waals surface area contributed by atoms with Crippen molar-refractivity contribution in [1.82, 2.24) is 10.2 Å². The van der Waals surface area contributed by atoms with Gasteiger partial charge in [-0.25, -0.2) is 0 Å². The smallest absolute Gasteiger partial charge is 0.326 e. The van der Waals surface area contributed by atoms with E-state index in [0.29, 0.717) is 18.1 Å². The molecule has 1 saturated heterocycles. The van der Waals surface area contributed by atoms with E-state index >= 15 is 0 Å². The summed E-state index contributed by atoms with van der Waals surface area (Å²) in [5.41, 5.74) is -0.476. The highest BCUT2D eigenvalue weighted by Gasteiger charge is 2.48. The van der Waals surface area contributed by atoms with Crippen molar-refractivity contribution < 1.29 is 9.53 Å². The lowest BCUT2D eigenvalue weighted by Crippen LogP contribution is -2.55. The molecule has 2 rings (SSSR count). The zero-order valence-electron chi connectivity index (χ0n) is 14.3. The van der Waals surface area contributed by atoms with E-state index in [1.807, 2.05) is 0 Å². The van der Waals surface area contributed by atoms with Crippen LogP contribution in [0.4, 0.5) is 0 Å². The molecule has 0 aromatic heterocycles. The van der Waals surface area contributed by atoms with Crippen LogP contribution in [0.1, 0.15) is 59.8 Å². The van der Waals surface area contributed by atoms with Gasteiger partial charge in [0.2, 0.25) is 0 Å². The number of piperidine rings is 1. The van der Waals surface area contributed by atoms with Crippen LogP contribution in [0.5, 0.6) is 0 Å². The van der Waals surface area contributed by atoms with Gasteiger partial charge in [0.25, 0.3) is 0 Å². The van der Waals surface area contributed by atoms with E-state index in [2.05, 4.69) is 37.9 Å². The van der Waals surface area contributed by atoms with Crippen molar-refractivity contribution in [3.05, 3.63) is 0 Å². The summed E-state index contributed by atoms with van der Waals surface area (Å²) in [6, 6.07) is 1.44. The molecule has 2 fully saturated rings. The number of carbonyl (C=O) groups is 1. The lowest BCUT2D eigenvalue weighted by atomic mass is 9.91. The third-order valence-electron chi connectivity index (χ3n) is 5.29. The van der Waals surface area contributed by atoms with Crippen molar-refractivity contribution in [1.29, 1.82) is 0 Å². The van der Waals surface area contributed by atoms with E-state index < -0.39 is 5.54 Å². The largest absolute Gasteiger partial charge is 0.468 e. The number of hydrogen-bond acceptors (Lipinski definition) is 4. The van der Waals surface area contributed by atoms with Gasteiger partial charge in [-0.05, 0) is 65.3 Å². The fourth-order valence-corrected chi connectivity index (χ4v) is 4.39. The van der Waals surface area contributed by atoms with Gasteiger partial charge in [0.05, 0.1) is 7.11 Å². The Bertz CT molecular complexity index is 372. The summed E-state index contributed by atoms with van der Waals surface area (Å²) in [5.74, 6) is 0.744. The number of likely N-dealkylation sites (tertiary alicyclic amines) is 1. The van der Waals surface area contributed by atoms with Crippen molar-refractivity contribution in [2.75, 3.05) is 13.7 Å². The molecule has 0 amide bonds. The Morgan fingerprint density at radius 1 is 1.33 bits per heavy atom. The number of ether oxygens (including phenoxy) is 1. The zero-order chi connectivity index (χ0) is 15.6. The van der Waals surface area contributed by atoms with E-state index in [1.165, 1.54) is 26.5 Å². The summed E-state index contributed by atoms with van der Waals surface area (Å²) < 4.78 is 5.10. The highest BCUT2D eigenvalue weighted by Crippen LogP contribution is 2.37. The van der Waals surface area contributed by atoms with Crippen LogP contribution in [-0.4, -0.2) is 48.2 Å². The van der Waals surface area contributed by atoms with Crippen LogP contribution in [0.15, 0.2) is 0 Å². The Morgan fingerprint density at radius 3 is 2.62 bits per heavy atom. The van der Waals surface area contributed by atoms with Gasteiger partial charge >= 0.3 is 5.97 Å². The summed E-state index contributed by atoms with van der Waals surface area (Å²) in [7, 11) is 1.50. The maximum Gasteiger partial charge on any atom is 0.326 e. The molecule has 4 nitrogen and oxygen atoms in total. The third-order valence-corrected chi connectivity index (χ3v) is 5.29. The predicted molar refractivity (Wildman–Crippen MR) is 85.2 cm³/mol. The first kappa shape index (κ1) is 16.8. The van der Waals surface area contributed by atoms with Crippen LogP contribution >= 0.6 is 0 Å². The molecule has 1 aliphatic carbocycles. The van der Waals surface area contributed by atoms with E-state index in [-0.39, 0.29) is 5.97 Å². The molecule has 1 N–H and O–H groups in total. The van der Waals surface area contributed by atoms with E-state index in [0.717, 1.165) is 25.2 Å². The molecule has 0 radical (unpaired) electrons. The van der Waals surface area contributed by atoms with Gasteiger partial charge in [0.15, 0.2) is 0 Å². The maximum atomic E-state index is 12.3. The molecule has 0 aromatic carbocycles. The van der Waals surface area contributed by atoms with Crippen LogP contribution in [0.25, 0.3) is 0 Å². The van der Waals surface area contributed by atoms with E-state index in [1.54, 1.807) is 0 Å². The predicted octanol–water partition coefficient (Wildman–Crippen LogP) is 2.57. The molecule has 1 saturated carbocycles. The number of hydrogen-bond donors (Lipinski definition) is 1. The van der Waals surface area contributed by atoms with E-state index in [9.17, 15) is 4.79 Å². The number of nitrogens with zero attached hydrogens (tertiary/aromatic N) is 1. The van der Waals surface area contributed by atoms with Crippen LogP contribution in [0, 0.1) is 5.92 Å². The average molecular weight is 296 g/mol. The Balaban J connectivity index is 2.07. The molecule has 122 valence electrons. The molecule has 2 aliphatic rings. The van der Waals surface area contributed by atoms with Crippen LogP contribution < -0.4 is 5.32 Å². The van der Waals surface area contributed by atoms with Gasteiger partial charge in [0, 0.05) is 18.1 Å². The summed E-state index contributed by atoms with van der Waals surface area (Å²) in [6.07, 6.45) is 5.43.